The summed E-state index contributed by atoms with van der Waals surface area (Å²) in [6.45, 7) is 0.456. The molecule has 1 aliphatic carbocycles. The van der Waals surface area contributed by atoms with E-state index < -0.39 is 81.5 Å². The van der Waals surface area contributed by atoms with Crippen LogP contribution in [-0.4, -0.2) is 88.1 Å². The molecule has 286 valence electrons. The summed E-state index contributed by atoms with van der Waals surface area (Å²) in [5.41, 5.74) is -7.00. The number of piperazine rings is 1. The third kappa shape index (κ3) is 7.56. The molecule has 2 unspecified atom stereocenters. The molecule has 3 aliphatic rings. The second-order valence-corrected chi connectivity index (χ2v) is 15.0. The van der Waals surface area contributed by atoms with Crippen molar-refractivity contribution < 1.29 is 58.4 Å². The molecular formula is C36H34F9N3O4S. The van der Waals surface area contributed by atoms with Gasteiger partial charge in [0.05, 0.1) is 19.1 Å². The first-order chi connectivity index (χ1) is 24.9. The summed E-state index contributed by atoms with van der Waals surface area (Å²) in [6.07, 6.45) is -10.8. The van der Waals surface area contributed by atoms with E-state index >= 15 is 0 Å². The lowest BCUT2D eigenvalue weighted by Crippen LogP contribution is -2.55. The molecule has 6 rings (SSSR count). The summed E-state index contributed by atoms with van der Waals surface area (Å²) in [7, 11) is 0. The number of nitrogens with zero attached hydrogens (tertiary/aromatic N) is 3. The van der Waals surface area contributed by atoms with Crippen LogP contribution in [0.4, 0.5) is 44.3 Å². The van der Waals surface area contributed by atoms with E-state index in [4.69, 9.17) is 0 Å². The summed E-state index contributed by atoms with van der Waals surface area (Å²) in [5.74, 6) is -4.32. The second kappa shape index (κ2) is 14.7. The van der Waals surface area contributed by atoms with Crippen molar-refractivity contribution in [2.24, 2.45) is 0 Å². The van der Waals surface area contributed by atoms with Crippen LogP contribution >= 0.6 is 0 Å². The molecule has 0 spiro atoms. The molecule has 2 heterocycles. The Bertz CT molecular complexity index is 1800. The zero-order valence-electron chi connectivity index (χ0n) is 28.2. The Morgan fingerprint density at radius 3 is 1.92 bits per heavy atom. The summed E-state index contributed by atoms with van der Waals surface area (Å²) in [5, 5.41) is -0.906. The Morgan fingerprint density at radius 1 is 0.792 bits per heavy atom. The lowest BCUT2D eigenvalue weighted by Gasteiger charge is -2.37. The number of hydrogen-bond acceptors (Lipinski definition) is 4. The molecule has 3 atom stereocenters. The smallest absolute Gasteiger partial charge is 0.430 e. The number of halogens is 9. The first kappa shape index (κ1) is 38.8. The number of likely N-dealkylation sites (tertiary alicyclic amines) is 1. The van der Waals surface area contributed by atoms with Gasteiger partial charge in [-0.3, -0.25) is 4.79 Å². The van der Waals surface area contributed by atoms with E-state index in [0.717, 1.165) is 31.0 Å². The number of rotatable bonds is 8. The number of ether oxygens (including phenoxy) is 1. The minimum absolute atomic E-state index is 0.0368. The van der Waals surface area contributed by atoms with Crippen molar-refractivity contribution >= 4 is 23.1 Å². The van der Waals surface area contributed by atoms with E-state index in [2.05, 4.69) is 4.74 Å². The largest absolute Gasteiger partial charge is 0.611 e. The number of hydrogen-bond donors (Lipinski definition) is 0. The molecule has 1 saturated carbocycles. The number of amides is 3. The van der Waals surface area contributed by atoms with Gasteiger partial charge in [0.25, 0.3) is 5.60 Å². The molecule has 7 nitrogen and oxygen atoms in total. The van der Waals surface area contributed by atoms with Gasteiger partial charge in [0.2, 0.25) is 5.91 Å². The lowest BCUT2D eigenvalue weighted by atomic mass is 9.88. The van der Waals surface area contributed by atoms with E-state index in [1.165, 1.54) is 34.9 Å². The maximum atomic E-state index is 14.6. The second-order valence-electron chi connectivity index (χ2n) is 13.4. The number of urea groups is 1. The Balaban J connectivity index is 1.33. The molecule has 3 aromatic rings. The van der Waals surface area contributed by atoms with Crippen molar-refractivity contribution in [3.8, 4) is 0 Å². The fraction of sp³-hybridized carbons (Fsp3) is 0.444. The van der Waals surface area contributed by atoms with Crippen LogP contribution in [0.5, 0.6) is 0 Å². The number of carbonyl (C=O) groups is 2. The van der Waals surface area contributed by atoms with Gasteiger partial charge >= 0.3 is 18.4 Å². The molecular weight excluding hydrogens is 741 g/mol. The Kier molecular flexibility index (Phi) is 10.7. The monoisotopic (exact) mass is 775 g/mol. The highest BCUT2D eigenvalue weighted by Crippen LogP contribution is 2.54. The first-order valence-corrected chi connectivity index (χ1v) is 17.9. The summed E-state index contributed by atoms with van der Waals surface area (Å²) < 4.78 is 149. The van der Waals surface area contributed by atoms with Crippen molar-refractivity contribution in [3.63, 3.8) is 0 Å². The minimum Gasteiger partial charge on any atom is -0.611 e. The standard InChI is InChI=1S/C36H34F9N3O4S/c1-21(49)46-13-15-47(16-14-46)33(50)48-18-27(32(19-48)53(51)25-11-12-31(39)26(17-25)22-5-6-22)23-7-9-24(10-8-23)34(35(40,41)42,36(43,44)45)52-20-28-29(37)3-2-4-30(28)38/h2-4,7-12,17,22,27,32H,5-6,13-16,18-20H2,1H3/t27?,32-,53?/m1/s1. The van der Waals surface area contributed by atoms with Crippen LogP contribution in [0.1, 0.15) is 53.9 Å². The zero-order chi connectivity index (χ0) is 38.5. The minimum atomic E-state index is -6.15. The highest BCUT2D eigenvalue weighted by atomic mass is 32.2. The van der Waals surface area contributed by atoms with Gasteiger partial charge in [-0.1, -0.05) is 30.3 Å². The van der Waals surface area contributed by atoms with E-state index in [1.807, 2.05) is 0 Å². The van der Waals surface area contributed by atoms with Crippen molar-refractivity contribution in [2.75, 3.05) is 39.3 Å². The molecule has 3 aromatic carbocycles. The molecule has 0 radical (unpaired) electrons. The highest BCUT2D eigenvalue weighted by Gasteiger charge is 2.73. The van der Waals surface area contributed by atoms with Crippen LogP contribution in [0.25, 0.3) is 0 Å². The Hall–Kier alpha value is -3.96. The van der Waals surface area contributed by atoms with E-state index in [-0.39, 0.29) is 61.6 Å². The third-order valence-electron chi connectivity index (χ3n) is 10.1. The predicted octanol–water partition coefficient (Wildman–Crippen LogP) is 7.38. The molecule has 0 aromatic heterocycles. The topological polar surface area (TPSA) is 76.2 Å². The number of carbonyl (C=O) groups excluding carboxylic acids is 2. The van der Waals surface area contributed by atoms with Gasteiger partial charge in [-0.25, -0.2) is 18.0 Å². The Morgan fingerprint density at radius 2 is 1.38 bits per heavy atom. The highest BCUT2D eigenvalue weighted by molar-refractivity contribution is 7.92. The van der Waals surface area contributed by atoms with Crippen LogP contribution in [0.3, 0.4) is 0 Å². The fourth-order valence-corrected chi connectivity index (χ4v) is 8.61. The van der Waals surface area contributed by atoms with Crippen LogP contribution in [0.2, 0.25) is 0 Å². The average molecular weight is 776 g/mol. The van der Waals surface area contributed by atoms with E-state index in [0.29, 0.717) is 29.8 Å². The number of alkyl halides is 6. The Labute approximate surface area is 301 Å². The molecule has 2 saturated heterocycles. The zero-order valence-corrected chi connectivity index (χ0v) is 29.0. The summed E-state index contributed by atoms with van der Waals surface area (Å²) in [6, 6.07) is 8.87. The van der Waals surface area contributed by atoms with Gasteiger partial charge < -0.3 is 24.0 Å². The van der Waals surface area contributed by atoms with Crippen molar-refractivity contribution in [3.05, 3.63) is 100 Å². The van der Waals surface area contributed by atoms with Crippen LogP contribution in [0, 0.1) is 17.5 Å². The van der Waals surface area contributed by atoms with E-state index in [9.17, 15) is 53.7 Å². The molecule has 53 heavy (non-hydrogen) atoms. The quantitative estimate of drug-likeness (QED) is 0.177. The maximum absolute atomic E-state index is 14.6. The van der Waals surface area contributed by atoms with Gasteiger partial charge in [0.1, 0.15) is 22.7 Å². The average Bonchev–Trinajstić information content (AvgIpc) is 3.85. The molecule has 2 aliphatic heterocycles. The van der Waals surface area contributed by atoms with E-state index in [1.54, 1.807) is 4.90 Å². The van der Waals surface area contributed by atoms with Gasteiger partial charge in [-0.05, 0) is 71.4 Å². The lowest BCUT2D eigenvalue weighted by molar-refractivity contribution is -0.392. The summed E-state index contributed by atoms with van der Waals surface area (Å²) >= 11 is -1.92. The number of benzene rings is 3. The SMILES string of the molecule is CC(=O)N1CCN(C(=O)N2CC(c3ccc(C(OCc4c(F)cccc4F)(C(F)(F)F)C(F)(F)F)cc3)[C@H]([S+]([O-])c3ccc(F)c(C4CC4)c3)C2)CC1. The van der Waals surface area contributed by atoms with Crippen molar-refractivity contribution in [1.82, 2.24) is 14.7 Å². The summed E-state index contributed by atoms with van der Waals surface area (Å²) in [4.78, 5) is 30.2. The molecule has 0 bridgehead atoms. The maximum Gasteiger partial charge on any atom is 0.430 e. The molecule has 3 amide bonds. The molecule has 3 fully saturated rings. The predicted molar refractivity (Wildman–Crippen MR) is 173 cm³/mol. The molecule has 0 N–H and O–H groups in total. The van der Waals surface area contributed by atoms with Crippen molar-refractivity contribution in [2.45, 2.75) is 66.3 Å². The van der Waals surface area contributed by atoms with Crippen LogP contribution in [0.15, 0.2) is 65.6 Å². The third-order valence-corrected chi connectivity index (χ3v) is 11.8. The van der Waals surface area contributed by atoms with Crippen LogP contribution < -0.4 is 0 Å². The van der Waals surface area contributed by atoms with Gasteiger partial charge in [0, 0.05) is 50.8 Å². The normalized spacial score (nSPS) is 20.5. The van der Waals surface area contributed by atoms with Gasteiger partial charge in [-0.2, -0.15) is 26.3 Å². The van der Waals surface area contributed by atoms with Gasteiger partial charge in [0.15, 0.2) is 4.90 Å². The van der Waals surface area contributed by atoms with Gasteiger partial charge in [-0.15, -0.1) is 0 Å². The molecule has 17 heteroatoms. The van der Waals surface area contributed by atoms with Crippen molar-refractivity contribution in [1.29, 1.82) is 0 Å². The first-order valence-electron chi connectivity index (χ1n) is 16.7. The fourth-order valence-electron chi connectivity index (χ4n) is 6.96. The van der Waals surface area contributed by atoms with Crippen LogP contribution in [-0.2, 0) is 32.9 Å².